The second-order valence-corrected chi connectivity index (χ2v) is 6.44. The van der Waals surface area contributed by atoms with Crippen molar-refractivity contribution in [1.82, 2.24) is 10.6 Å². The average Bonchev–Trinajstić information content (AvgIpc) is 2.99. The van der Waals surface area contributed by atoms with E-state index in [1.165, 1.54) is 0 Å². The Hall–Kier alpha value is -0.810. The molecular weight excluding hydrogens is 302 g/mol. The lowest BCUT2D eigenvalue weighted by Crippen LogP contribution is -2.50. The molecule has 6 heteroatoms. The molecule has 1 saturated carbocycles. The van der Waals surface area contributed by atoms with Gasteiger partial charge in [0.25, 0.3) is 0 Å². The van der Waals surface area contributed by atoms with E-state index in [1.807, 2.05) is 20.8 Å². The van der Waals surface area contributed by atoms with Crippen LogP contribution < -0.4 is 16.4 Å². The Kier molecular flexibility index (Phi) is 9.69. The fourth-order valence-corrected chi connectivity index (χ4v) is 2.72. The molecule has 5 nitrogen and oxygen atoms in total. The van der Waals surface area contributed by atoms with Crippen molar-refractivity contribution in [2.45, 2.75) is 77.3 Å². The van der Waals surface area contributed by atoms with Gasteiger partial charge in [0.2, 0.25) is 11.8 Å². The maximum atomic E-state index is 12.0. The Labute approximate surface area is 140 Å². The molecule has 1 fully saturated rings. The standard InChI is InChI=1S/C16H31N3O2.ClH/c1-4-16(17,5-2)11-18-14(20)10-12(3)19-15(21)13-8-6-7-9-13;/h12-13H,4-11,17H2,1-3H3,(H,18,20)(H,19,21);1H. The highest BCUT2D eigenvalue weighted by Gasteiger charge is 2.25. The van der Waals surface area contributed by atoms with Gasteiger partial charge in [-0.15, -0.1) is 12.4 Å². The molecule has 4 N–H and O–H groups in total. The topological polar surface area (TPSA) is 84.2 Å². The Morgan fingerprint density at radius 1 is 1.23 bits per heavy atom. The summed E-state index contributed by atoms with van der Waals surface area (Å²) in [6.45, 7) is 6.42. The predicted octanol–water partition coefficient (Wildman–Crippen LogP) is 2.13. The van der Waals surface area contributed by atoms with Gasteiger partial charge in [-0.3, -0.25) is 9.59 Å². The molecule has 130 valence electrons. The summed E-state index contributed by atoms with van der Waals surface area (Å²) in [4.78, 5) is 23.9. The van der Waals surface area contributed by atoms with Crippen molar-refractivity contribution < 1.29 is 9.59 Å². The number of nitrogens with one attached hydrogen (secondary N) is 2. The van der Waals surface area contributed by atoms with E-state index < -0.39 is 0 Å². The van der Waals surface area contributed by atoms with Gasteiger partial charge in [0, 0.05) is 30.5 Å². The highest BCUT2D eigenvalue weighted by molar-refractivity contribution is 5.85. The average molecular weight is 334 g/mol. The van der Waals surface area contributed by atoms with Crippen molar-refractivity contribution in [3.63, 3.8) is 0 Å². The molecule has 1 aliphatic carbocycles. The quantitative estimate of drug-likeness (QED) is 0.636. The Morgan fingerprint density at radius 3 is 2.27 bits per heavy atom. The molecule has 1 unspecified atom stereocenters. The van der Waals surface area contributed by atoms with E-state index in [4.69, 9.17) is 5.73 Å². The second kappa shape index (κ2) is 10.1. The van der Waals surface area contributed by atoms with Crippen LogP contribution in [-0.2, 0) is 9.59 Å². The first-order valence-electron chi connectivity index (χ1n) is 8.26. The Balaban J connectivity index is 0.00000441. The van der Waals surface area contributed by atoms with Gasteiger partial charge in [-0.2, -0.15) is 0 Å². The van der Waals surface area contributed by atoms with Crippen LogP contribution >= 0.6 is 12.4 Å². The van der Waals surface area contributed by atoms with Crippen molar-refractivity contribution in [3.8, 4) is 0 Å². The maximum Gasteiger partial charge on any atom is 0.223 e. The van der Waals surface area contributed by atoms with Gasteiger partial charge in [0.15, 0.2) is 0 Å². The summed E-state index contributed by atoms with van der Waals surface area (Å²) >= 11 is 0. The summed E-state index contributed by atoms with van der Waals surface area (Å²) < 4.78 is 0. The van der Waals surface area contributed by atoms with Gasteiger partial charge in [-0.1, -0.05) is 26.7 Å². The smallest absolute Gasteiger partial charge is 0.223 e. The third-order valence-electron chi connectivity index (χ3n) is 4.65. The van der Waals surface area contributed by atoms with Gasteiger partial charge in [0.1, 0.15) is 0 Å². The van der Waals surface area contributed by atoms with E-state index >= 15 is 0 Å². The lowest BCUT2D eigenvalue weighted by Gasteiger charge is -2.27. The second-order valence-electron chi connectivity index (χ2n) is 6.44. The highest BCUT2D eigenvalue weighted by atomic mass is 35.5. The summed E-state index contributed by atoms with van der Waals surface area (Å²) in [5.41, 5.74) is 5.83. The van der Waals surface area contributed by atoms with Crippen molar-refractivity contribution in [3.05, 3.63) is 0 Å². The molecule has 0 heterocycles. The monoisotopic (exact) mass is 333 g/mol. The van der Waals surface area contributed by atoms with E-state index in [0.717, 1.165) is 38.5 Å². The molecule has 1 aliphatic rings. The van der Waals surface area contributed by atoms with Crippen molar-refractivity contribution in [2.75, 3.05) is 6.54 Å². The number of amides is 2. The van der Waals surface area contributed by atoms with E-state index in [9.17, 15) is 9.59 Å². The number of nitrogens with two attached hydrogens (primary N) is 1. The molecule has 1 atom stereocenters. The number of rotatable bonds is 8. The molecular formula is C16H32ClN3O2. The van der Waals surface area contributed by atoms with Crippen LogP contribution in [0, 0.1) is 5.92 Å². The fourth-order valence-electron chi connectivity index (χ4n) is 2.72. The Bertz CT molecular complexity index is 353. The first-order valence-corrected chi connectivity index (χ1v) is 8.26. The van der Waals surface area contributed by atoms with Gasteiger partial charge >= 0.3 is 0 Å². The Morgan fingerprint density at radius 2 is 1.77 bits per heavy atom. The third kappa shape index (κ3) is 6.97. The molecule has 0 aromatic carbocycles. The lowest BCUT2D eigenvalue weighted by atomic mass is 9.94. The maximum absolute atomic E-state index is 12.0. The summed E-state index contributed by atoms with van der Waals surface area (Å²) in [7, 11) is 0. The highest BCUT2D eigenvalue weighted by Crippen LogP contribution is 2.24. The van der Waals surface area contributed by atoms with Gasteiger partial charge in [-0.25, -0.2) is 0 Å². The van der Waals surface area contributed by atoms with E-state index in [2.05, 4.69) is 10.6 Å². The number of carbonyl (C=O) groups is 2. The largest absolute Gasteiger partial charge is 0.354 e. The SMILES string of the molecule is CCC(N)(CC)CNC(=O)CC(C)NC(=O)C1CCCC1.Cl. The van der Waals surface area contributed by atoms with E-state index in [0.29, 0.717) is 13.0 Å². The van der Waals surface area contributed by atoms with Gasteiger partial charge in [0.05, 0.1) is 0 Å². The minimum Gasteiger partial charge on any atom is -0.354 e. The van der Waals surface area contributed by atoms with Gasteiger partial charge in [-0.05, 0) is 32.6 Å². The molecule has 22 heavy (non-hydrogen) atoms. The number of hydrogen-bond donors (Lipinski definition) is 3. The predicted molar refractivity (Wildman–Crippen MR) is 91.9 cm³/mol. The summed E-state index contributed by atoms with van der Waals surface area (Å²) in [5, 5.41) is 5.83. The molecule has 0 spiro atoms. The zero-order valence-electron chi connectivity index (χ0n) is 14.1. The van der Waals surface area contributed by atoms with E-state index in [1.54, 1.807) is 0 Å². The minimum atomic E-state index is -0.327. The summed E-state index contributed by atoms with van der Waals surface area (Å²) in [6.07, 6.45) is 6.21. The van der Waals surface area contributed by atoms with Crippen LogP contribution in [0.15, 0.2) is 0 Å². The molecule has 0 aromatic heterocycles. The lowest BCUT2D eigenvalue weighted by molar-refractivity contribution is -0.126. The van der Waals surface area contributed by atoms with Crippen molar-refractivity contribution in [2.24, 2.45) is 11.7 Å². The molecule has 0 aliphatic heterocycles. The molecule has 1 rings (SSSR count). The summed E-state index contributed by atoms with van der Waals surface area (Å²) in [6, 6.07) is -0.131. The van der Waals surface area contributed by atoms with Gasteiger partial charge < -0.3 is 16.4 Å². The first kappa shape index (κ1) is 21.2. The van der Waals surface area contributed by atoms with Crippen LogP contribution in [0.1, 0.15) is 65.7 Å². The molecule has 0 radical (unpaired) electrons. The van der Waals surface area contributed by atoms with Crippen LogP contribution in [0.4, 0.5) is 0 Å². The van der Waals surface area contributed by atoms with Crippen molar-refractivity contribution >= 4 is 24.2 Å². The van der Waals surface area contributed by atoms with Crippen LogP contribution in [0.3, 0.4) is 0 Å². The molecule has 2 amide bonds. The molecule has 0 aromatic rings. The normalized spacial score (nSPS) is 16.7. The van der Waals surface area contributed by atoms with E-state index in [-0.39, 0.29) is 41.7 Å². The molecule has 0 bridgehead atoms. The van der Waals surface area contributed by atoms with Crippen LogP contribution in [0.25, 0.3) is 0 Å². The zero-order valence-corrected chi connectivity index (χ0v) is 14.9. The number of carbonyl (C=O) groups excluding carboxylic acids is 2. The zero-order chi connectivity index (χ0) is 15.9. The number of halogens is 1. The number of hydrogen-bond acceptors (Lipinski definition) is 3. The minimum absolute atomic E-state index is 0. The van der Waals surface area contributed by atoms with Crippen LogP contribution in [0.2, 0.25) is 0 Å². The third-order valence-corrected chi connectivity index (χ3v) is 4.65. The summed E-state index contributed by atoms with van der Waals surface area (Å²) in [5.74, 6) is 0.196. The fraction of sp³-hybridized carbons (Fsp3) is 0.875. The molecule has 0 saturated heterocycles. The van der Waals surface area contributed by atoms with Crippen LogP contribution in [-0.4, -0.2) is 29.9 Å². The first-order chi connectivity index (χ1) is 9.90. The van der Waals surface area contributed by atoms with Crippen molar-refractivity contribution in [1.29, 1.82) is 0 Å². The van der Waals surface area contributed by atoms with Crippen LogP contribution in [0.5, 0.6) is 0 Å².